The van der Waals surface area contributed by atoms with Crippen molar-refractivity contribution in [3.8, 4) is 0 Å². The van der Waals surface area contributed by atoms with Gasteiger partial charge in [-0.3, -0.25) is 28.1 Å². The molecule has 0 unspecified atom stereocenters. The lowest BCUT2D eigenvalue weighted by atomic mass is 10.1. The van der Waals surface area contributed by atoms with E-state index in [0.29, 0.717) is 0 Å². The van der Waals surface area contributed by atoms with Crippen LogP contribution in [0.3, 0.4) is 0 Å². The van der Waals surface area contributed by atoms with Crippen LogP contribution in [0.25, 0.3) is 0 Å². The number of H-pyrrole nitrogens is 1. The number of carbonyl (C=O) groups is 2. The monoisotopic (exact) mass is 484 g/mol. The lowest BCUT2D eigenvalue weighted by Crippen LogP contribution is -2.42. The number of ether oxygens (including phenoxy) is 3. The van der Waals surface area contributed by atoms with Crippen LogP contribution >= 0.6 is 15.9 Å². The van der Waals surface area contributed by atoms with Gasteiger partial charge in [-0.15, -0.1) is 0 Å². The predicted molar refractivity (Wildman–Crippen MR) is 94.8 cm³/mol. The van der Waals surface area contributed by atoms with Gasteiger partial charge >= 0.3 is 17.6 Å². The van der Waals surface area contributed by atoms with Crippen LogP contribution in [0.5, 0.6) is 0 Å². The maximum atomic E-state index is 12.2. The number of aromatic amines is 1. The lowest BCUT2D eigenvalue weighted by molar-refractivity contribution is -0.155. The molecule has 14 heteroatoms. The molecule has 1 fully saturated rings. The van der Waals surface area contributed by atoms with Gasteiger partial charge in [0.1, 0.15) is 18.8 Å². The van der Waals surface area contributed by atoms with Crippen LogP contribution in [0.1, 0.15) is 20.1 Å². The highest BCUT2D eigenvalue weighted by Gasteiger charge is 2.51. The number of nitrogens with zero attached hydrogens (tertiary/aromatic N) is 1. The molecule has 1 saturated heterocycles. The second-order valence-corrected chi connectivity index (χ2v) is 8.31. The van der Waals surface area contributed by atoms with Crippen molar-refractivity contribution < 1.29 is 36.4 Å². The molecule has 1 aliphatic rings. The summed E-state index contributed by atoms with van der Waals surface area (Å²) in [4.78, 5) is 48.4. The Balaban J connectivity index is 2.52. The van der Waals surface area contributed by atoms with E-state index in [1.165, 1.54) is 0 Å². The first-order chi connectivity index (χ1) is 12.9. The lowest BCUT2D eigenvalue weighted by Gasteiger charge is -2.23. The number of halogens is 1. The third kappa shape index (κ3) is 5.50. The summed E-state index contributed by atoms with van der Waals surface area (Å²) in [5.74, 6) is -1.47. The van der Waals surface area contributed by atoms with E-state index in [1.54, 1.807) is 0 Å². The summed E-state index contributed by atoms with van der Waals surface area (Å²) in [6.07, 6.45) is -3.50. The maximum Gasteiger partial charge on any atom is 0.330 e. The highest BCUT2D eigenvalue weighted by Crippen LogP contribution is 2.34. The van der Waals surface area contributed by atoms with Crippen LogP contribution in [0.4, 0.5) is 0 Å². The van der Waals surface area contributed by atoms with Crippen molar-refractivity contribution in [3.05, 3.63) is 31.5 Å². The number of nitrogens with one attached hydrogen (secondary N) is 1. The Morgan fingerprint density at radius 1 is 1.25 bits per heavy atom. The van der Waals surface area contributed by atoms with Gasteiger partial charge in [-0.25, -0.2) is 4.79 Å². The van der Waals surface area contributed by atoms with Crippen LogP contribution in [0.2, 0.25) is 0 Å². The van der Waals surface area contributed by atoms with Gasteiger partial charge < -0.3 is 14.2 Å². The van der Waals surface area contributed by atoms with E-state index in [-0.39, 0.29) is 4.47 Å². The predicted octanol–water partition coefficient (Wildman–Crippen LogP) is -0.964. The van der Waals surface area contributed by atoms with Crippen LogP contribution in [0.15, 0.2) is 20.3 Å². The van der Waals surface area contributed by atoms with E-state index in [1.807, 2.05) is 4.98 Å². The van der Waals surface area contributed by atoms with Crippen molar-refractivity contribution >= 4 is 38.0 Å². The van der Waals surface area contributed by atoms with Gasteiger partial charge in [0.25, 0.3) is 15.7 Å². The minimum atomic E-state index is -4.04. The van der Waals surface area contributed by atoms with Crippen LogP contribution in [-0.4, -0.2) is 61.1 Å². The average Bonchev–Trinajstić information content (AvgIpc) is 2.84. The van der Waals surface area contributed by atoms with Crippen molar-refractivity contribution in [2.75, 3.05) is 12.9 Å². The average molecular weight is 485 g/mol. The van der Waals surface area contributed by atoms with Gasteiger partial charge in [0.15, 0.2) is 12.3 Å². The molecule has 4 atom stereocenters. The summed E-state index contributed by atoms with van der Waals surface area (Å²) < 4.78 is 44.8. The molecule has 0 saturated carbocycles. The molecule has 2 rings (SSSR count). The highest BCUT2D eigenvalue weighted by atomic mass is 79.9. The summed E-state index contributed by atoms with van der Waals surface area (Å²) in [6, 6.07) is 0. The van der Waals surface area contributed by atoms with Gasteiger partial charge in [-0.2, -0.15) is 8.42 Å². The first-order valence-electron chi connectivity index (χ1n) is 7.74. The molecule has 1 aromatic heterocycles. The number of hydrogen-bond donors (Lipinski definition) is 1. The zero-order chi connectivity index (χ0) is 21.2. The van der Waals surface area contributed by atoms with E-state index in [2.05, 4.69) is 15.9 Å². The third-order valence-electron chi connectivity index (χ3n) is 3.52. The molecule has 0 aliphatic carbocycles. The topological polar surface area (TPSA) is 160 Å². The smallest absolute Gasteiger partial charge is 0.330 e. The third-order valence-corrected chi connectivity index (χ3v) is 4.66. The summed E-state index contributed by atoms with van der Waals surface area (Å²) >= 11 is 2.96. The minimum Gasteiger partial charge on any atom is -0.463 e. The van der Waals surface area contributed by atoms with Crippen LogP contribution in [-0.2, 0) is 38.1 Å². The Hall–Kier alpha value is -2.03. The fourth-order valence-corrected chi connectivity index (χ4v) is 3.51. The molecule has 156 valence electrons. The maximum absolute atomic E-state index is 12.2. The largest absolute Gasteiger partial charge is 0.463 e. The number of rotatable bonds is 6. The van der Waals surface area contributed by atoms with E-state index in [4.69, 9.17) is 18.4 Å². The number of esters is 2. The molecule has 0 spiro atoms. The van der Waals surface area contributed by atoms with Crippen LogP contribution < -0.4 is 11.2 Å². The van der Waals surface area contributed by atoms with E-state index in [9.17, 15) is 27.6 Å². The van der Waals surface area contributed by atoms with E-state index >= 15 is 0 Å². The van der Waals surface area contributed by atoms with Gasteiger partial charge in [-0.05, 0) is 15.9 Å². The van der Waals surface area contributed by atoms with Crippen molar-refractivity contribution in [3.63, 3.8) is 0 Å². The minimum absolute atomic E-state index is 0.0266. The molecule has 1 aliphatic heterocycles. The zero-order valence-corrected chi connectivity index (χ0v) is 17.3. The van der Waals surface area contributed by atoms with Gasteiger partial charge in [-0.1, -0.05) is 0 Å². The normalized spacial score (nSPS) is 24.7. The molecule has 0 bridgehead atoms. The molecule has 28 heavy (non-hydrogen) atoms. The number of aromatic nitrogens is 2. The fourth-order valence-electron chi connectivity index (χ4n) is 2.55. The molecular formula is C14H17BrN2O10S. The second kappa shape index (κ2) is 8.55. The fraction of sp³-hybridized carbons (Fsp3) is 0.571. The highest BCUT2D eigenvalue weighted by molar-refractivity contribution is 9.10. The van der Waals surface area contributed by atoms with Crippen molar-refractivity contribution in [2.24, 2.45) is 0 Å². The van der Waals surface area contributed by atoms with Crippen LogP contribution in [0, 0.1) is 0 Å². The van der Waals surface area contributed by atoms with Gasteiger partial charge in [0, 0.05) is 20.0 Å². The van der Waals surface area contributed by atoms with Crippen molar-refractivity contribution in [1.82, 2.24) is 9.55 Å². The molecule has 0 radical (unpaired) electrons. The molecule has 1 aromatic rings. The Morgan fingerprint density at radius 2 is 1.89 bits per heavy atom. The molecule has 12 nitrogen and oxygen atoms in total. The molecule has 2 heterocycles. The van der Waals surface area contributed by atoms with Crippen molar-refractivity contribution in [1.29, 1.82) is 0 Å². The molecular weight excluding hydrogens is 468 g/mol. The Labute approximate surface area is 167 Å². The first-order valence-corrected chi connectivity index (χ1v) is 10.3. The molecule has 0 amide bonds. The standard InChI is InChI=1S/C14H17BrN2O10S/c1-6(18)24-5-9-10(27-28(3,22)23)11(25-7(2)19)13(26-9)17-4-8(15)12(20)16-14(17)21/h4,9-11,13H,5H2,1-3H3,(H,16,20,21)/t9-,10+,11-,13-/m1/s1. The van der Waals surface area contributed by atoms with Gasteiger partial charge in [0.2, 0.25) is 0 Å². The van der Waals surface area contributed by atoms with E-state index in [0.717, 1.165) is 30.9 Å². The summed E-state index contributed by atoms with van der Waals surface area (Å²) in [6.45, 7) is 1.77. The zero-order valence-electron chi connectivity index (χ0n) is 14.9. The molecule has 1 N–H and O–H groups in total. The molecule has 0 aromatic carbocycles. The van der Waals surface area contributed by atoms with Gasteiger partial charge in [0.05, 0.1) is 10.7 Å². The van der Waals surface area contributed by atoms with E-state index < -0.39 is 64.5 Å². The summed E-state index contributed by atoms with van der Waals surface area (Å²) in [7, 11) is -4.04. The summed E-state index contributed by atoms with van der Waals surface area (Å²) in [5, 5.41) is 0. The van der Waals surface area contributed by atoms with Crippen molar-refractivity contribution in [2.45, 2.75) is 38.4 Å². The Morgan fingerprint density at radius 3 is 2.43 bits per heavy atom. The number of hydrogen-bond acceptors (Lipinski definition) is 10. The quantitative estimate of drug-likeness (QED) is 0.393. The Kier molecular flexibility index (Phi) is 6.80. The Bertz CT molecular complexity index is 985. The SMILES string of the molecule is CC(=O)OC[C@H]1O[C@@H](n2cc(Br)c(=O)[nH]c2=O)[C@H](OC(C)=O)[C@H]1OS(C)(=O)=O. The number of carbonyl (C=O) groups excluding carboxylic acids is 2. The summed E-state index contributed by atoms with van der Waals surface area (Å²) in [5.41, 5.74) is -1.61. The second-order valence-electron chi connectivity index (χ2n) is 5.85. The first kappa shape index (κ1) is 22.3.